The first-order valence-corrected chi connectivity index (χ1v) is 14.4. The lowest BCUT2D eigenvalue weighted by Crippen LogP contribution is -2.37. The van der Waals surface area contributed by atoms with Crippen LogP contribution >= 0.6 is 7.75 Å². The third-order valence-corrected chi connectivity index (χ3v) is 8.65. The second-order valence-corrected chi connectivity index (χ2v) is 11.4. The number of hydrogen-bond acceptors (Lipinski definition) is 8. The molecule has 210 valence electrons. The van der Waals surface area contributed by atoms with Crippen LogP contribution in [0.15, 0.2) is 88.6 Å². The van der Waals surface area contributed by atoms with Gasteiger partial charge in [0, 0.05) is 18.3 Å². The minimum absolute atomic E-state index is 0.0976. The highest BCUT2D eigenvalue weighted by Gasteiger charge is 2.47. The highest BCUT2D eigenvalue weighted by Crippen LogP contribution is 2.55. The number of hydrogen-bond donors (Lipinski definition) is 1. The molecule has 0 spiro atoms. The van der Waals surface area contributed by atoms with Gasteiger partial charge in [-0.05, 0) is 43.5 Å². The van der Waals surface area contributed by atoms with Crippen molar-refractivity contribution in [2.75, 3.05) is 13.2 Å². The Hall–Kier alpha value is -3.76. The summed E-state index contributed by atoms with van der Waals surface area (Å²) in [7, 11) is -4.06. The van der Waals surface area contributed by atoms with E-state index in [0.29, 0.717) is 30.7 Å². The van der Waals surface area contributed by atoms with E-state index in [1.165, 1.54) is 15.4 Å². The van der Waals surface area contributed by atoms with Gasteiger partial charge in [0.05, 0.1) is 6.61 Å². The smallest absolute Gasteiger partial charge is 0.460 e. The number of ether oxygens (including phenoxy) is 2. The van der Waals surface area contributed by atoms with Gasteiger partial charge < -0.3 is 14.0 Å². The molecule has 0 amide bonds. The summed E-state index contributed by atoms with van der Waals surface area (Å²) >= 11 is 0. The fourth-order valence-electron chi connectivity index (χ4n) is 4.56. The fraction of sp³-hybridized carbons (Fsp3) is 0.321. The number of aromatic nitrogens is 2. The monoisotopic (exact) mass is 567 g/mol. The molecule has 1 fully saturated rings. The van der Waals surface area contributed by atoms with Crippen molar-refractivity contribution in [1.82, 2.24) is 14.2 Å². The maximum absolute atomic E-state index is 14.3. The molecule has 2 aliphatic heterocycles. The molecule has 40 heavy (non-hydrogen) atoms. The van der Waals surface area contributed by atoms with E-state index in [-0.39, 0.29) is 13.2 Å². The van der Waals surface area contributed by atoms with Crippen molar-refractivity contribution >= 4 is 13.7 Å². The number of rotatable bonds is 10. The molecule has 12 heteroatoms. The Balaban J connectivity index is 1.30. The van der Waals surface area contributed by atoms with Gasteiger partial charge in [0.15, 0.2) is 6.23 Å². The van der Waals surface area contributed by atoms with Crippen molar-refractivity contribution in [1.29, 1.82) is 0 Å². The van der Waals surface area contributed by atoms with Gasteiger partial charge in [-0.1, -0.05) is 54.6 Å². The maximum Gasteiger partial charge on any atom is 0.462 e. The van der Waals surface area contributed by atoms with E-state index in [1.54, 1.807) is 49.4 Å². The Labute approximate surface area is 230 Å². The summed E-state index contributed by atoms with van der Waals surface area (Å²) in [6.07, 6.45) is 4.35. The van der Waals surface area contributed by atoms with Crippen molar-refractivity contribution in [3.63, 3.8) is 0 Å². The second kappa shape index (κ2) is 12.2. The first kappa shape index (κ1) is 27.8. The minimum atomic E-state index is -4.06. The standard InChI is InChI=1S/C28H30N3O8P/c1-20-17-30(28(34)29-26(20)32)25-15-14-23(38-25)19-37-40(35,39-22-11-6-3-7-12-22)31-16-8-13-24(31)27(33)36-18-21-9-4-2-5-10-21/h2-7,9-12,14-15,17,23-25H,8,13,16,18-19H2,1H3,(H,29,32,34)/t23-,24-,25+,40?/m0/s1. The molecule has 0 radical (unpaired) electrons. The van der Waals surface area contributed by atoms with E-state index < -0.39 is 43.3 Å². The number of para-hydroxylation sites is 1. The molecule has 1 unspecified atom stereocenters. The predicted octanol–water partition coefficient (Wildman–Crippen LogP) is 3.71. The predicted molar refractivity (Wildman–Crippen MR) is 146 cm³/mol. The Morgan fingerprint density at radius 2 is 1.80 bits per heavy atom. The van der Waals surface area contributed by atoms with Crippen molar-refractivity contribution in [3.05, 3.63) is 111 Å². The van der Waals surface area contributed by atoms with Crippen molar-refractivity contribution in [2.24, 2.45) is 0 Å². The molecule has 1 aromatic heterocycles. The Morgan fingerprint density at radius 1 is 1.07 bits per heavy atom. The molecule has 1 saturated heterocycles. The average Bonchev–Trinajstić information content (AvgIpc) is 3.65. The Morgan fingerprint density at radius 3 is 2.55 bits per heavy atom. The maximum atomic E-state index is 14.3. The van der Waals surface area contributed by atoms with Gasteiger partial charge >= 0.3 is 19.4 Å². The summed E-state index contributed by atoms with van der Waals surface area (Å²) in [5.74, 6) is -0.183. The van der Waals surface area contributed by atoms with Crippen LogP contribution in [0.1, 0.15) is 30.2 Å². The highest BCUT2D eigenvalue weighted by atomic mass is 31.2. The largest absolute Gasteiger partial charge is 0.462 e. The second-order valence-electron chi connectivity index (χ2n) is 9.51. The van der Waals surface area contributed by atoms with E-state index in [2.05, 4.69) is 4.98 Å². The molecule has 11 nitrogen and oxygen atoms in total. The van der Waals surface area contributed by atoms with E-state index in [9.17, 15) is 18.9 Å². The van der Waals surface area contributed by atoms with E-state index in [4.69, 9.17) is 18.5 Å². The van der Waals surface area contributed by atoms with Gasteiger partial charge in [0.2, 0.25) is 0 Å². The molecule has 3 heterocycles. The van der Waals surface area contributed by atoms with Crippen LogP contribution in [0.4, 0.5) is 0 Å². The number of benzene rings is 2. The normalized spacial score (nSPS) is 22.2. The van der Waals surface area contributed by atoms with Crippen LogP contribution < -0.4 is 15.8 Å². The van der Waals surface area contributed by atoms with E-state index in [1.807, 2.05) is 30.3 Å². The topological polar surface area (TPSA) is 129 Å². The van der Waals surface area contributed by atoms with Crippen molar-refractivity contribution < 1.29 is 27.9 Å². The Kier molecular flexibility index (Phi) is 8.46. The molecule has 3 aromatic rings. The molecule has 4 atom stereocenters. The number of aromatic amines is 1. The summed E-state index contributed by atoms with van der Waals surface area (Å²) in [5, 5.41) is 0. The minimum Gasteiger partial charge on any atom is -0.460 e. The highest BCUT2D eigenvalue weighted by molar-refractivity contribution is 7.51. The lowest BCUT2D eigenvalue weighted by atomic mass is 10.2. The summed E-state index contributed by atoms with van der Waals surface area (Å²) < 4.78 is 40.3. The number of nitrogens with zero attached hydrogens (tertiary/aromatic N) is 2. The van der Waals surface area contributed by atoms with Gasteiger partial charge in [-0.15, -0.1) is 0 Å². The number of H-pyrrole nitrogens is 1. The molecule has 5 rings (SSSR count). The molecule has 0 bridgehead atoms. The summed E-state index contributed by atoms with van der Waals surface area (Å²) in [5.41, 5.74) is 0.122. The van der Waals surface area contributed by atoms with Gasteiger partial charge in [0.25, 0.3) is 5.56 Å². The quantitative estimate of drug-likeness (QED) is 0.221. The number of carbonyl (C=O) groups excluding carboxylic acids is 1. The van der Waals surface area contributed by atoms with Gasteiger partial charge in [-0.2, -0.15) is 4.67 Å². The van der Waals surface area contributed by atoms with Crippen LogP contribution in [0.3, 0.4) is 0 Å². The molecule has 0 aliphatic carbocycles. The number of carbonyl (C=O) groups is 1. The lowest BCUT2D eigenvalue weighted by Gasteiger charge is -2.31. The van der Waals surface area contributed by atoms with Crippen LogP contribution in [0.25, 0.3) is 0 Å². The van der Waals surface area contributed by atoms with Gasteiger partial charge in [-0.25, -0.2) is 9.36 Å². The van der Waals surface area contributed by atoms with Gasteiger partial charge in [0.1, 0.15) is 24.5 Å². The number of esters is 1. The van der Waals surface area contributed by atoms with Crippen LogP contribution in [-0.2, 0) is 30.0 Å². The van der Waals surface area contributed by atoms with E-state index in [0.717, 1.165) is 5.56 Å². The van der Waals surface area contributed by atoms with Crippen LogP contribution in [-0.4, -0.2) is 45.5 Å². The molecule has 2 aliphatic rings. The van der Waals surface area contributed by atoms with Crippen LogP contribution in [0.5, 0.6) is 5.75 Å². The fourth-order valence-corrected chi connectivity index (χ4v) is 6.53. The first-order valence-electron chi connectivity index (χ1n) is 13.0. The average molecular weight is 568 g/mol. The molecule has 0 saturated carbocycles. The SMILES string of the molecule is Cc1cn([C@H]2C=C[C@@H](COP(=O)(Oc3ccccc3)N3CCC[C@H]3C(=O)OCc3ccccc3)O2)c(=O)[nH]c1=O. The van der Waals surface area contributed by atoms with Crippen LogP contribution in [0, 0.1) is 6.92 Å². The summed E-state index contributed by atoms with van der Waals surface area (Å²) in [6.45, 7) is 1.82. The number of aryl methyl sites for hydroxylation is 1. The van der Waals surface area contributed by atoms with E-state index >= 15 is 0 Å². The zero-order chi connectivity index (χ0) is 28.1. The summed E-state index contributed by atoms with van der Waals surface area (Å²) in [4.78, 5) is 39.3. The zero-order valence-corrected chi connectivity index (χ0v) is 22.8. The third kappa shape index (κ3) is 6.34. The molecular formula is C28H30N3O8P. The Bertz CT molecular complexity index is 1520. The lowest BCUT2D eigenvalue weighted by molar-refractivity contribution is -0.149. The van der Waals surface area contributed by atoms with Crippen molar-refractivity contribution in [3.8, 4) is 5.75 Å². The zero-order valence-electron chi connectivity index (χ0n) is 21.9. The molecule has 1 N–H and O–H groups in total. The third-order valence-electron chi connectivity index (χ3n) is 6.63. The van der Waals surface area contributed by atoms with Crippen molar-refractivity contribution in [2.45, 2.75) is 44.7 Å². The first-order chi connectivity index (χ1) is 19.3. The molecular weight excluding hydrogens is 537 g/mol. The van der Waals surface area contributed by atoms with Gasteiger partial charge in [-0.3, -0.25) is 23.7 Å². The number of nitrogens with one attached hydrogen (secondary N) is 1. The van der Waals surface area contributed by atoms with Crippen LogP contribution in [0.2, 0.25) is 0 Å². The summed E-state index contributed by atoms with van der Waals surface area (Å²) in [6, 6.07) is 17.1. The molecule has 2 aromatic carbocycles.